The second-order valence-electron chi connectivity index (χ2n) is 6.04. The lowest BCUT2D eigenvalue weighted by Gasteiger charge is -2.29. The maximum atomic E-state index is 12.5. The van der Waals surface area contributed by atoms with Crippen LogP contribution < -0.4 is 15.0 Å². The number of nitrogens with zero attached hydrogens (tertiary/aromatic N) is 1. The first kappa shape index (κ1) is 18.7. The van der Waals surface area contributed by atoms with E-state index >= 15 is 0 Å². The van der Waals surface area contributed by atoms with Crippen molar-refractivity contribution < 1.29 is 23.9 Å². The largest absolute Gasteiger partial charge is 0.465 e. The fourth-order valence-corrected chi connectivity index (χ4v) is 2.90. The molecule has 0 unspecified atom stereocenters. The molecule has 2 aromatic rings. The first-order valence-electron chi connectivity index (χ1n) is 8.11. The van der Waals surface area contributed by atoms with Gasteiger partial charge >= 0.3 is 11.9 Å². The van der Waals surface area contributed by atoms with Gasteiger partial charge in [0.1, 0.15) is 6.54 Å². The van der Waals surface area contributed by atoms with Gasteiger partial charge in [-0.25, -0.2) is 9.59 Å². The first-order chi connectivity index (χ1) is 12.9. The zero-order chi connectivity index (χ0) is 19.6. The Morgan fingerprint density at radius 3 is 2.78 bits per heavy atom. The van der Waals surface area contributed by atoms with E-state index in [2.05, 4.69) is 10.1 Å². The summed E-state index contributed by atoms with van der Waals surface area (Å²) in [6, 6.07) is 9.86. The number of benzene rings is 2. The molecule has 0 aromatic heterocycles. The van der Waals surface area contributed by atoms with Crippen LogP contribution >= 0.6 is 11.6 Å². The van der Waals surface area contributed by atoms with Gasteiger partial charge in [-0.05, 0) is 42.8 Å². The number of methoxy groups -OCH3 is 1. The molecule has 1 N–H and O–H groups in total. The van der Waals surface area contributed by atoms with Crippen molar-refractivity contribution in [3.8, 4) is 5.75 Å². The summed E-state index contributed by atoms with van der Waals surface area (Å²) >= 11 is 6.10. The highest BCUT2D eigenvalue weighted by Crippen LogP contribution is 2.32. The molecule has 8 heteroatoms. The number of amides is 1. The predicted octanol–water partition coefficient (Wildman–Crippen LogP) is 2.80. The Bertz CT molecular complexity index is 928. The van der Waals surface area contributed by atoms with E-state index < -0.39 is 11.9 Å². The van der Waals surface area contributed by atoms with Crippen molar-refractivity contribution in [3.05, 3.63) is 52.5 Å². The molecule has 0 atom stereocenters. The number of rotatable bonds is 4. The van der Waals surface area contributed by atoms with Gasteiger partial charge in [-0.3, -0.25) is 4.79 Å². The number of hydrogen-bond acceptors (Lipinski definition) is 6. The highest BCUT2D eigenvalue weighted by Gasteiger charge is 2.26. The lowest BCUT2D eigenvalue weighted by Crippen LogP contribution is -2.41. The third-order valence-corrected chi connectivity index (χ3v) is 4.33. The minimum atomic E-state index is -0.537. The molecule has 1 amide bonds. The second kappa shape index (κ2) is 7.67. The lowest BCUT2D eigenvalue weighted by atomic mass is 10.1. The zero-order valence-corrected chi connectivity index (χ0v) is 15.5. The van der Waals surface area contributed by atoms with E-state index in [4.69, 9.17) is 16.3 Å². The Morgan fingerprint density at radius 1 is 1.26 bits per heavy atom. The summed E-state index contributed by atoms with van der Waals surface area (Å²) in [5, 5.41) is 2.94. The average Bonchev–Trinajstić information content (AvgIpc) is 2.62. The summed E-state index contributed by atoms with van der Waals surface area (Å²) in [6.45, 7) is 1.76. The molecule has 27 heavy (non-hydrogen) atoms. The van der Waals surface area contributed by atoms with Crippen molar-refractivity contribution in [2.75, 3.05) is 30.4 Å². The standard InChI is InChI=1S/C19H17ClN2O5/c1-11-3-6-15-16(7-11)27-18(24)10-22(15)9-17(23)21-14-8-12(19(25)26-2)4-5-13(14)20/h3-8H,9-10H2,1-2H3,(H,21,23). The topological polar surface area (TPSA) is 84.9 Å². The fraction of sp³-hybridized carbons (Fsp3) is 0.211. The molecule has 1 aliphatic heterocycles. The minimum Gasteiger partial charge on any atom is -0.465 e. The van der Waals surface area contributed by atoms with E-state index in [-0.39, 0.29) is 35.3 Å². The Morgan fingerprint density at radius 2 is 2.04 bits per heavy atom. The number of ether oxygens (including phenoxy) is 2. The maximum absolute atomic E-state index is 12.5. The lowest BCUT2D eigenvalue weighted by molar-refractivity contribution is -0.133. The number of carbonyl (C=O) groups is 3. The molecule has 0 bridgehead atoms. The molecule has 0 spiro atoms. The molecule has 0 saturated heterocycles. The number of aryl methyl sites for hydroxylation is 1. The van der Waals surface area contributed by atoms with Gasteiger partial charge in [0.25, 0.3) is 0 Å². The molecule has 0 radical (unpaired) electrons. The summed E-state index contributed by atoms with van der Waals surface area (Å²) in [7, 11) is 1.27. The van der Waals surface area contributed by atoms with Gasteiger partial charge in [0.15, 0.2) is 5.75 Å². The Balaban J connectivity index is 1.77. The quantitative estimate of drug-likeness (QED) is 0.640. The number of hydrogen-bond donors (Lipinski definition) is 1. The molecule has 3 rings (SSSR count). The molecule has 1 heterocycles. The van der Waals surface area contributed by atoms with Crippen molar-refractivity contribution in [1.82, 2.24) is 0 Å². The van der Waals surface area contributed by atoms with Crippen molar-refractivity contribution in [2.24, 2.45) is 0 Å². The van der Waals surface area contributed by atoms with Gasteiger partial charge in [0.05, 0.1) is 35.6 Å². The normalized spacial score (nSPS) is 12.9. The van der Waals surface area contributed by atoms with Gasteiger partial charge in [0, 0.05) is 0 Å². The first-order valence-corrected chi connectivity index (χ1v) is 8.49. The van der Waals surface area contributed by atoms with Crippen molar-refractivity contribution in [1.29, 1.82) is 0 Å². The van der Waals surface area contributed by atoms with Gasteiger partial charge in [-0.2, -0.15) is 0 Å². The monoisotopic (exact) mass is 388 g/mol. The molecule has 0 aliphatic carbocycles. The summed E-state index contributed by atoms with van der Waals surface area (Å²) in [5.74, 6) is -0.943. The van der Waals surface area contributed by atoms with E-state index in [1.807, 2.05) is 13.0 Å². The van der Waals surface area contributed by atoms with Crippen molar-refractivity contribution in [2.45, 2.75) is 6.92 Å². The molecule has 1 aliphatic rings. The number of fused-ring (bicyclic) bond motifs is 1. The smallest absolute Gasteiger partial charge is 0.337 e. The number of anilines is 2. The van der Waals surface area contributed by atoms with Crippen LogP contribution in [0.5, 0.6) is 5.75 Å². The average molecular weight is 389 g/mol. The second-order valence-corrected chi connectivity index (χ2v) is 6.44. The molecule has 0 fully saturated rings. The zero-order valence-electron chi connectivity index (χ0n) is 14.7. The summed E-state index contributed by atoms with van der Waals surface area (Å²) in [6.07, 6.45) is 0. The number of carbonyl (C=O) groups excluding carboxylic acids is 3. The van der Waals surface area contributed by atoms with Crippen LogP contribution in [0.25, 0.3) is 0 Å². The minimum absolute atomic E-state index is 0.0422. The van der Waals surface area contributed by atoms with E-state index in [0.717, 1.165) is 5.56 Å². The van der Waals surface area contributed by atoms with Gasteiger partial charge in [0.2, 0.25) is 5.91 Å². The Labute approximate surface area is 160 Å². The third-order valence-electron chi connectivity index (χ3n) is 4.00. The molecule has 140 valence electrons. The van der Waals surface area contributed by atoms with Crippen LogP contribution in [0.3, 0.4) is 0 Å². The maximum Gasteiger partial charge on any atom is 0.337 e. The number of esters is 2. The van der Waals surface area contributed by atoms with Gasteiger partial charge in [-0.1, -0.05) is 17.7 Å². The number of halogens is 1. The van der Waals surface area contributed by atoms with Crippen LogP contribution in [0.15, 0.2) is 36.4 Å². The van der Waals surface area contributed by atoms with Crippen molar-refractivity contribution in [3.63, 3.8) is 0 Å². The van der Waals surface area contributed by atoms with E-state index in [1.165, 1.54) is 25.3 Å². The number of nitrogens with one attached hydrogen (secondary N) is 1. The van der Waals surface area contributed by atoms with Gasteiger partial charge in [-0.15, -0.1) is 0 Å². The van der Waals surface area contributed by atoms with Gasteiger partial charge < -0.3 is 19.7 Å². The summed E-state index contributed by atoms with van der Waals surface area (Å²) < 4.78 is 9.90. The van der Waals surface area contributed by atoms with Crippen LogP contribution in [0, 0.1) is 6.92 Å². The van der Waals surface area contributed by atoms with Crippen molar-refractivity contribution >= 4 is 40.8 Å². The van der Waals surface area contributed by atoms with E-state index in [1.54, 1.807) is 17.0 Å². The predicted molar refractivity (Wildman–Crippen MR) is 100 cm³/mol. The summed E-state index contributed by atoms with van der Waals surface area (Å²) in [5.41, 5.74) is 2.15. The highest BCUT2D eigenvalue weighted by molar-refractivity contribution is 6.34. The van der Waals surface area contributed by atoms with Crippen LogP contribution in [0.4, 0.5) is 11.4 Å². The fourth-order valence-electron chi connectivity index (χ4n) is 2.73. The van der Waals surface area contributed by atoms with Crippen LogP contribution in [0.2, 0.25) is 5.02 Å². The highest BCUT2D eigenvalue weighted by atomic mass is 35.5. The third kappa shape index (κ3) is 4.20. The molecule has 2 aromatic carbocycles. The Kier molecular flexibility index (Phi) is 5.32. The summed E-state index contributed by atoms with van der Waals surface area (Å²) in [4.78, 5) is 37.6. The molecular formula is C19H17ClN2O5. The van der Waals surface area contributed by atoms with E-state index in [9.17, 15) is 14.4 Å². The van der Waals surface area contributed by atoms with Crippen LogP contribution in [-0.2, 0) is 14.3 Å². The Hall–Kier alpha value is -3.06. The SMILES string of the molecule is COC(=O)c1ccc(Cl)c(NC(=O)CN2CC(=O)Oc3cc(C)ccc32)c1. The van der Waals surface area contributed by atoms with Crippen LogP contribution in [0.1, 0.15) is 15.9 Å². The van der Waals surface area contributed by atoms with E-state index in [0.29, 0.717) is 11.4 Å². The molecule has 7 nitrogen and oxygen atoms in total. The molecular weight excluding hydrogens is 372 g/mol. The molecule has 0 saturated carbocycles. The van der Waals surface area contributed by atoms with Crippen LogP contribution in [-0.4, -0.2) is 38.0 Å².